The first kappa shape index (κ1) is 15.0. The number of carbonyl (C=O) groups is 2. The highest BCUT2D eigenvalue weighted by Crippen LogP contribution is 2.30. The van der Waals surface area contributed by atoms with Crippen LogP contribution < -0.4 is 5.32 Å². The van der Waals surface area contributed by atoms with E-state index >= 15 is 0 Å². The van der Waals surface area contributed by atoms with Crippen molar-refractivity contribution in [2.75, 3.05) is 0 Å². The van der Waals surface area contributed by atoms with Gasteiger partial charge in [0, 0.05) is 6.92 Å². The van der Waals surface area contributed by atoms with Crippen molar-refractivity contribution in [2.45, 2.75) is 58.8 Å². The van der Waals surface area contributed by atoms with Crippen LogP contribution in [0, 0.1) is 11.8 Å². The topological polar surface area (TPSA) is 75.6 Å². The fourth-order valence-electron chi connectivity index (χ4n) is 2.57. The third kappa shape index (κ3) is 3.98. The van der Waals surface area contributed by atoms with Gasteiger partial charge in [0.1, 0.15) is 0 Å². The monoisotopic (exact) mass is 257 g/mol. The van der Waals surface area contributed by atoms with Crippen LogP contribution in [0.3, 0.4) is 0 Å². The second kappa shape index (κ2) is 6.18. The molecule has 0 aromatic carbocycles. The molecule has 1 aliphatic heterocycles. The van der Waals surface area contributed by atoms with Crippen LogP contribution in [0.15, 0.2) is 0 Å². The molecule has 0 aromatic heterocycles. The van der Waals surface area contributed by atoms with Crippen molar-refractivity contribution in [3.63, 3.8) is 0 Å². The zero-order valence-electron chi connectivity index (χ0n) is 11.5. The number of rotatable bonds is 5. The molecule has 1 saturated heterocycles. The summed E-state index contributed by atoms with van der Waals surface area (Å²) in [5.74, 6) is -1.15. The molecule has 5 heteroatoms. The lowest BCUT2D eigenvalue weighted by Gasteiger charge is -2.28. The van der Waals surface area contributed by atoms with Gasteiger partial charge in [-0.05, 0) is 25.7 Å². The Hall–Kier alpha value is -1.10. The number of hydrogen-bond acceptors (Lipinski definition) is 3. The number of hydrogen-bond donors (Lipinski definition) is 2. The molecular weight excluding hydrogens is 234 g/mol. The number of carbonyl (C=O) groups excluding carboxylic acids is 1. The van der Waals surface area contributed by atoms with Crippen molar-refractivity contribution in [1.29, 1.82) is 0 Å². The van der Waals surface area contributed by atoms with Crippen LogP contribution in [0.25, 0.3) is 0 Å². The minimum absolute atomic E-state index is 0.0699. The number of carboxylic acids is 1. The van der Waals surface area contributed by atoms with E-state index in [0.29, 0.717) is 12.3 Å². The molecule has 0 saturated carbocycles. The Balaban J connectivity index is 2.81. The van der Waals surface area contributed by atoms with Crippen molar-refractivity contribution in [1.82, 2.24) is 5.32 Å². The maximum Gasteiger partial charge on any atom is 0.309 e. The van der Waals surface area contributed by atoms with Crippen molar-refractivity contribution in [3.05, 3.63) is 0 Å². The number of ether oxygens (including phenoxy) is 1. The van der Waals surface area contributed by atoms with E-state index in [1.54, 1.807) is 0 Å². The molecule has 0 aromatic rings. The average Bonchev–Trinajstić information content (AvgIpc) is 2.58. The largest absolute Gasteiger partial charge is 0.481 e. The zero-order chi connectivity index (χ0) is 13.9. The van der Waals surface area contributed by atoms with E-state index in [0.717, 1.165) is 6.42 Å². The van der Waals surface area contributed by atoms with Crippen LogP contribution in [-0.4, -0.2) is 35.2 Å². The quantitative estimate of drug-likeness (QED) is 0.781. The van der Waals surface area contributed by atoms with Crippen LogP contribution in [0.1, 0.15) is 40.5 Å². The van der Waals surface area contributed by atoms with E-state index in [2.05, 4.69) is 5.32 Å². The number of carboxylic acid groups (broad SMARTS) is 1. The summed E-state index contributed by atoms with van der Waals surface area (Å²) in [4.78, 5) is 22.5. The van der Waals surface area contributed by atoms with Crippen molar-refractivity contribution in [2.24, 2.45) is 11.8 Å². The Labute approximate surface area is 108 Å². The number of nitrogens with one attached hydrogen (secondary N) is 1. The summed E-state index contributed by atoms with van der Waals surface area (Å²) in [6.07, 6.45) is 0.734. The Morgan fingerprint density at radius 2 is 2.06 bits per heavy atom. The van der Waals surface area contributed by atoms with Gasteiger partial charge in [0.05, 0.1) is 24.2 Å². The zero-order valence-corrected chi connectivity index (χ0v) is 11.5. The summed E-state index contributed by atoms with van der Waals surface area (Å²) in [6.45, 7) is 7.41. The third-order valence-corrected chi connectivity index (χ3v) is 3.20. The highest BCUT2D eigenvalue weighted by Gasteiger charge is 2.42. The Kier molecular flexibility index (Phi) is 5.14. The second-order valence-electron chi connectivity index (χ2n) is 5.53. The van der Waals surface area contributed by atoms with E-state index < -0.39 is 18.0 Å². The van der Waals surface area contributed by atoms with Crippen molar-refractivity contribution < 1.29 is 19.4 Å². The van der Waals surface area contributed by atoms with Crippen LogP contribution in [0.5, 0.6) is 0 Å². The van der Waals surface area contributed by atoms with Gasteiger partial charge in [-0.2, -0.15) is 0 Å². The molecule has 5 nitrogen and oxygen atoms in total. The van der Waals surface area contributed by atoms with Crippen LogP contribution in [0.4, 0.5) is 0 Å². The van der Waals surface area contributed by atoms with Crippen molar-refractivity contribution >= 4 is 11.9 Å². The summed E-state index contributed by atoms with van der Waals surface area (Å²) in [6, 6.07) is -0.228. The molecule has 1 amide bonds. The minimum Gasteiger partial charge on any atom is -0.481 e. The Morgan fingerprint density at radius 3 is 2.50 bits per heavy atom. The summed E-state index contributed by atoms with van der Waals surface area (Å²) in [5, 5.41) is 12.1. The lowest BCUT2D eigenvalue weighted by Crippen LogP contribution is -2.47. The summed E-state index contributed by atoms with van der Waals surface area (Å²) < 4.78 is 5.70. The minimum atomic E-state index is -0.844. The predicted molar refractivity (Wildman–Crippen MR) is 67.1 cm³/mol. The first-order valence-electron chi connectivity index (χ1n) is 6.46. The van der Waals surface area contributed by atoms with Gasteiger partial charge < -0.3 is 15.2 Å². The summed E-state index contributed by atoms with van der Waals surface area (Å²) >= 11 is 0. The van der Waals surface area contributed by atoms with E-state index in [9.17, 15) is 14.7 Å². The van der Waals surface area contributed by atoms with Gasteiger partial charge in [-0.25, -0.2) is 0 Å². The molecule has 1 rings (SSSR count). The molecule has 104 valence electrons. The molecular formula is C13H23NO4. The molecule has 1 heterocycles. The fraction of sp³-hybridized carbons (Fsp3) is 0.846. The molecule has 0 bridgehead atoms. The smallest absolute Gasteiger partial charge is 0.309 e. The fourth-order valence-corrected chi connectivity index (χ4v) is 2.57. The Bertz CT molecular complexity index is 316. The average molecular weight is 257 g/mol. The highest BCUT2D eigenvalue weighted by atomic mass is 16.5. The van der Waals surface area contributed by atoms with Crippen LogP contribution >= 0.6 is 0 Å². The normalized spacial score (nSPS) is 29.3. The molecule has 0 radical (unpaired) electrons. The molecule has 0 unspecified atom stereocenters. The summed E-state index contributed by atoms with van der Waals surface area (Å²) in [5.41, 5.74) is 0. The first-order chi connectivity index (χ1) is 8.31. The van der Waals surface area contributed by atoms with Gasteiger partial charge >= 0.3 is 5.97 Å². The molecule has 1 fully saturated rings. The highest BCUT2D eigenvalue weighted by molar-refractivity contribution is 5.74. The predicted octanol–water partition coefficient (Wildman–Crippen LogP) is 1.42. The van der Waals surface area contributed by atoms with Crippen LogP contribution in [-0.2, 0) is 14.3 Å². The summed E-state index contributed by atoms with van der Waals surface area (Å²) in [7, 11) is 0. The first-order valence-corrected chi connectivity index (χ1v) is 6.46. The molecule has 0 aliphatic carbocycles. The van der Waals surface area contributed by atoms with E-state index in [-0.39, 0.29) is 18.1 Å². The standard InChI is InChI=1S/C13H23NO4/c1-7(2)5-11(14-9(4)15)12-10(13(16)17)6-8(3)18-12/h7-8,10-12H,5-6H2,1-4H3,(H,14,15)(H,16,17)/t8-,10+,11-,12+/m0/s1. The molecule has 0 spiro atoms. The SMILES string of the molecule is CC(=O)N[C@@H](CC(C)C)[C@@H]1O[C@@H](C)C[C@H]1C(=O)O. The van der Waals surface area contributed by atoms with Gasteiger partial charge in [-0.3, -0.25) is 9.59 Å². The van der Waals surface area contributed by atoms with Gasteiger partial charge in [-0.1, -0.05) is 13.8 Å². The second-order valence-corrected chi connectivity index (χ2v) is 5.53. The van der Waals surface area contributed by atoms with Crippen LogP contribution in [0.2, 0.25) is 0 Å². The Morgan fingerprint density at radius 1 is 1.44 bits per heavy atom. The molecule has 2 N–H and O–H groups in total. The maximum absolute atomic E-state index is 11.2. The van der Waals surface area contributed by atoms with Gasteiger partial charge in [0.2, 0.25) is 5.91 Å². The number of aliphatic carboxylic acids is 1. The third-order valence-electron chi connectivity index (χ3n) is 3.20. The van der Waals surface area contributed by atoms with E-state index in [1.165, 1.54) is 6.92 Å². The van der Waals surface area contributed by atoms with E-state index in [1.807, 2.05) is 20.8 Å². The number of amides is 1. The molecule has 18 heavy (non-hydrogen) atoms. The molecule has 4 atom stereocenters. The molecule has 1 aliphatic rings. The van der Waals surface area contributed by atoms with Gasteiger partial charge in [0.25, 0.3) is 0 Å². The lowest BCUT2D eigenvalue weighted by molar-refractivity contribution is -0.145. The maximum atomic E-state index is 11.2. The lowest BCUT2D eigenvalue weighted by atomic mass is 9.90. The van der Waals surface area contributed by atoms with Crippen molar-refractivity contribution in [3.8, 4) is 0 Å². The van der Waals surface area contributed by atoms with Gasteiger partial charge in [-0.15, -0.1) is 0 Å². The van der Waals surface area contributed by atoms with Gasteiger partial charge in [0.15, 0.2) is 0 Å². The van der Waals surface area contributed by atoms with E-state index in [4.69, 9.17) is 4.74 Å².